The molecule has 5 nitrogen and oxygen atoms in total. The normalized spacial score (nSPS) is 14.3. The molecule has 0 saturated carbocycles. The van der Waals surface area contributed by atoms with Crippen LogP contribution in [0.25, 0.3) is 105 Å². The van der Waals surface area contributed by atoms with Crippen LogP contribution in [0.1, 0.15) is 23.7 Å². The lowest BCUT2D eigenvalue weighted by molar-refractivity contribution is 0.668. The second kappa shape index (κ2) is 13.0. The average Bonchev–Trinajstić information content (AvgIpc) is 3.87. The Morgan fingerprint density at radius 2 is 1.03 bits per heavy atom. The van der Waals surface area contributed by atoms with E-state index in [9.17, 15) is 0 Å². The van der Waals surface area contributed by atoms with Crippen molar-refractivity contribution in [1.82, 2.24) is 15.0 Å². The third-order valence-corrected chi connectivity index (χ3v) is 11.6. The topological polar surface area (TPSA) is 65.0 Å². The number of para-hydroxylation sites is 1. The fourth-order valence-electron chi connectivity index (χ4n) is 8.73. The Labute approximate surface area is 333 Å². The SMILES string of the molecule is C1=CC(c2nc(-c3ccc4ccccc4c3)nc(-c3cccc4oc5cc(-c6cccc7oc8ccccc8c67)ccc5c34)n2)CC=C1c1ccc2ccccc2c1. The van der Waals surface area contributed by atoms with Crippen LogP contribution in [-0.2, 0) is 0 Å². The molecular formula is C53H33N3O2. The van der Waals surface area contributed by atoms with Crippen molar-refractivity contribution in [2.75, 3.05) is 0 Å². The highest BCUT2D eigenvalue weighted by molar-refractivity contribution is 6.15. The van der Waals surface area contributed by atoms with Crippen molar-refractivity contribution in [3.05, 3.63) is 193 Å². The van der Waals surface area contributed by atoms with E-state index in [2.05, 4.69) is 146 Å². The molecule has 12 rings (SSSR count). The van der Waals surface area contributed by atoms with E-state index < -0.39 is 0 Å². The first-order valence-electron chi connectivity index (χ1n) is 19.7. The molecule has 11 aromatic rings. The molecule has 1 aliphatic carbocycles. The predicted molar refractivity (Wildman–Crippen MR) is 237 cm³/mol. The number of benzene rings is 8. The molecule has 3 aromatic heterocycles. The Kier molecular flexibility index (Phi) is 7.29. The van der Waals surface area contributed by atoms with Crippen LogP contribution >= 0.6 is 0 Å². The lowest BCUT2D eigenvalue weighted by Crippen LogP contribution is -2.08. The molecule has 5 heteroatoms. The molecule has 0 amide bonds. The molecule has 1 unspecified atom stereocenters. The Hall–Kier alpha value is -7.63. The molecule has 0 saturated heterocycles. The first-order valence-corrected chi connectivity index (χ1v) is 19.7. The summed E-state index contributed by atoms with van der Waals surface area (Å²) in [6.07, 6.45) is 7.54. The Morgan fingerprint density at radius 1 is 0.431 bits per heavy atom. The van der Waals surface area contributed by atoms with Crippen LogP contribution in [0, 0.1) is 0 Å². The van der Waals surface area contributed by atoms with E-state index in [0.29, 0.717) is 11.6 Å². The maximum Gasteiger partial charge on any atom is 0.164 e. The molecule has 58 heavy (non-hydrogen) atoms. The van der Waals surface area contributed by atoms with Crippen molar-refractivity contribution in [2.24, 2.45) is 0 Å². The van der Waals surface area contributed by atoms with Gasteiger partial charge in [-0.1, -0.05) is 140 Å². The maximum absolute atomic E-state index is 6.63. The number of hydrogen-bond donors (Lipinski definition) is 0. The zero-order valence-corrected chi connectivity index (χ0v) is 31.3. The molecule has 1 atom stereocenters. The van der Waals surface area contributed by atoms with Gasteiger partial charge < -0.3 is 8.83 Å². The largest absolute Gasteiger partial charge is 0.456 e. The molecule has 0 radical (unpaired) electrons. The van der Waals surface area contributed by atoms with Gasteiger partial charge in [0.25, 0.3) is 0 Å². The predicted octanol–water partition coefficient (Wildman–Crippen LogP) is 14.1. The molecule has 272 valence electrons. The van der Waals surface area contributed by atoms with Gasteiger partial charge in [-0.05, 0) is 92.7 Å². The van der Waals surface area contributed by atoms with Crippen LogP contribution in [0.4, 0.5) is 0 Å². The number of allylic oxidation sites excluding steroid dienone is 4. The Balaban J connectivity index is 0.981. The summed E-state index contributed by atoms with van der Waals surface area (Å²) in [5.41, 5.74) is 9.76. The smallest absolute Gasteiger partial charge is 0.164 e. The lowest BCUT2D eigenvalue weighted by atomic mass is 9.91. The fraction of sp³-hybridized carbons (Fsp3) is 0.0377. The number of fused-ring (bicyclic) bond motifs is 8. The van der Waals surface area contributed by atoms with Crippen molar-refractivity contribution in [2.45, 2.75) is 12.3 Å². The molecule has 8 aromatic carbocycles. The van der Waals surface area contributed by atoms with E-state index >= 15 is 0 Å². The number of aromatic nitrogens is 3. The van der Waals surface area contributed by atoms with Crippen LogP contribution in [0.2, 0.25) is 0 Å². The van der Waals surface area contributed by atoms with E-state index in [4.69, 9.17) is 23.8 Å². The van der Waals surface area contributed by atoms with Gasteiger partial charge >= 0.3 is 0 Å². The highest BCUT2D eigenvalue weighted by Crippen LogP contribution is 2.41. The second-order valence-corrected chi connectivity index (χ2v) is 15.1. The van der Waals surface area contributed by atoms with Crippen LogP contribution in [0.5, 0.6) is 0 Å². The molecule has 0 N–H and O–H groups in total. The molecule has 0 bridgehead atoms. The summed E-state index contributed by atoms with van der Waals surface area (Å²) in [6.45, 7) is 0. The standard InChI is InChI=1S/C53H33N3O2/c1-3-11-36-29-38(25-21-32(36)9-1)34-19-23-35(24-20-34)51-54-52(40-26-22-33-10-2-4-12-37(33)30-40)56-53(55-51)44-15-8-18-47-50(44)43-28-27-39(31-48(43)58-47)41-14-7-17-46-49(41)42-13-5-6-16-45(42)57-46/h1-23,25-31,35H,24H2. The summed E-state index contributed by atoms with van der Waals surface area (Å²) in [4.78, 5) is 15.7. The minimum atomic E-state index is -0.0188. The quantitative estimate of drug-likeness (QED) is 0.176. The van der Waals surface area contributed by atoms with E-state index in [1.807, 2.05) is 36.4 Å². The van der Waals surface area contributed by atoms with Gasteiger partial charge in [0.05, 0.1) is 0 Å². The summed E-state index contributed by atoms with van der Waals surface area (Å²) in [6, 6.07) is 57.0. The van der Waals surface area contributed by atoms with Gasteiger partial charge in [-0.15, -0.1) is 0 Å². The monoisotopic (exact) mass is 743 g/mol. The molecular weight excluding hydrogens is 711 g/mol. The van der Waals surface area contributed by atoms with Crippen molar-refractivity contribution in [1.29, 1.82) is 0 Å². The highest BCUT2D eigenvalue weighted by Gasteiger charge is 2.22. The van der Waals surface area contributed by atoms with Crippen molar-refractivity contribution < 1.29 is 8.83 Å². The van der Waals surface area contributed by atoms with Gasteiger partial charge in [0.15, 0.2) is 11.6 Å². The third-order valence-electron chi connectivity index (χ3n) is 11.6. The number of rotatable bonds is 5. The zero-order chi connectivity index (χ0) is 38.2. The van der Waals surface area contributed by atoms with Crippen LogP contribution in [0.15, 0.2) is 191 Å². The maximum atomic E-state index is 6.63. The number of furan rings is 2. The van der Waals surface area contributed by atoms with Crippen molar-refractivity contribution in [3.63, 3.8) is 0 Å². The third kappa shape index (κ3) is 5.35. The van der Waals surface area contributed by atoms with Gasteiger partial charge in [-0.3, -0.25) is 0 Å². The van der Waals surface area contributed by atoms with E-state index in [1.54, 1.807) is 0 Å². The minimum Gasteiger partial charge on any atom is -0.456 e. The van der Waals surface area contributed by atoms with E-state index in [1.165, 1.54) is 27.3 Å². The van der Waals surface area contributed by atoms with Crippen molar-refractivity contribution in [3.8, 4) is 33.9 Å². The van der Waals surface area contributed by atoms with Gasteiger partial charge in [0, 0.05) is 38.6 Å². The molecule has 0 spiro atoms. The van der Waals surface area contributed by atoms with Crippen LogP contribution in [0.3, 0.4) is 0 Å². The summed E-state index contributed by atoms with van der Waals surface area (Å²) >= 11 is 0. The Morgan fingerprint density at radius 3 is 1.81 bits per heavy atom. The fourth-order valence-corrected chi connectivity index (χ4v) is 8.73. The number of nitrogens with zero attached hydrogens (tertiary/aromatic N) is 3. The van der Waals surface area contributed by atoms with Crippen LogP contribution in [-0.4, -0.2) is 15.0 Å². The second-order valence-electron chi connectivity index (χ2n) is 15.1. The first kappa shape index (κ1) is 32.6. The summed E-state index contributed by atoms with van der Waals surface area (Å²) in [5.74, 6) is 1.99. The molecule has 3 heterocycles. The summed E-state index contributed by atoms with van der Waals surface area (Å²) in [7, 11) is 0. The van der Waals surface area contributed by atoms with E-state index in [0.717, 1.165) is 83.8 Å². The van der Waals surface area contributed by atoms with Gasteiger partial charge in [-0.25, -0.2) is 15.0 Å². The zero-order valence-electron chi connectivity index (χ0n) is 31.3. The van der Waals surface area contributed by atoms with Crippen LogP contribution < -0.4 is 0 Å². The minimum absolute atomic E-state index is 0.0188. The lowest BCUT2D eigenvalue weighted by Gasteiger charge is -2.17. The number of hydrogen-bond acceptors (Lipinski definition) is 5. The van der Waals surface area contributed by atoms with E-state index in [-0.39, 0.29) is 5.92 Å². The summed E-state index contributed by atoms with van der Waals surface area (Å²) < 4.78 is 12.9. The Bertz CT molecular complexity index is 3510. The molecule has 1 aliphatic rings. The summed E-state index contributed by atoms with van der Waals surface area (Å²) in [5, 5.41) is 8.98. The molecule has 0 fully saturated rings. The average molecular weight is 744 g/mol. The van der Waals surface area contributed by atoms with Gasteiger partial charge in [0.1, 0.15) is 28.2 Å². The first-order chi connectivity index (χ1) is 28.7. The van der Waals surface area contributed by atoms with Gasteiger partial charge in [-0.2, -0.15) is 0 Å². The molecule has 0 aliphatic heterocycles. The highest BCUT2D eigenvalue weighted by atomic mass is 16.3. The van der Waals surface area contributed by atoms with Crippen molar-refractivity contribution >= 4 is 71.0 Å². The van der Waals surface area contributed by atoms with Gasteiger partial charge in [0.2, 0.25) is 0 Å².